The van der Waals surface area contributed by atoms with Crippen molar-refractivity contribution in [1.82, 2.24) is 14.8 Å². The van der Waals surface area contributed by atoms with Crippen LogP contribution in [0.4, 0.5) is 17.1 Å². The second-order valence-corrected chi connectivity index (χ2v) is 18.6. The second-order valence-electron chi connectivity index (χ2n) is 18.6. The summed E-state index contributed by atoms with van der Waals surface area (Å²) >= 11 is 0. The van der Waals surface area contributed by atoms with Crippen LogP contribution in [0, 0.1) is 0 Å². The third-order valence-electron chi connectivity index (χ3n) is 14.1. The van der Waals surface area contributed by atoms with Gasteiger partial charge in [0.15, 0.2) is 11.6 Å². The highest BCUT2D eigenvalue weighted by molar-refractivity contribution is 5.93. The molecule has 0 saturated carbocycles. The minimum atomic E-state index is 0.663. The Hall–Kier alpha value is -9.90. The van der Waals surface area contributed by atoms with E-state index < -0.39 is 0 Å². The molecule has 12 aromatic carbocycles. The van der Waals surface area contributed by atoms with Crippen molar-refractivity contribution in [3.8, 4) is 84.1 Å². The van der Waals surface area contributed by atoms with Crippen molar-refractivity contribution in [1.29, 1.82) is 0 Å². The van der Waals surface area contributed by atoms with Crippen molar-refractivity contribution < 1.29 is 0 Å². The van der Waals surface area contributed by atoms with Gasteiger partial charge in [-0.15, -0.1) is 5.10 Å². The summed E-state index contributed by atoms with van der Waals surface area (Å²) in [6.45, 7) is 0. The number of nitrogens with zero attached hydrogens (tertiary/aromatic N) is 4. The maximum Gasteiger partial charge on any atom is 0.182 e. The average Bonchev–Trinajstić information content (AvgIpc) is 3.94. The molecule has 0 spiro atoms. The molecule has 0 aliphatic rings. The van der Waals surface area contributed by atoms with Gasteiger partial charge in [0, 0.05) is 28.2 Å². The first kappa shape index (κ1) is 44.1. The summed E-state index contributed by atoms with van der Waals surface area (Å²) in [5.41, 5.74) is 17.7. The van der Waals surface area contributed by atoms with Crippen LogP contribution in [0.3, 0.4) is 0 Å². The molecule has 13 aromatic rings. The molecule has 1 aromatic heterocycles. The first-order valence-electron chi connectivity index (χ1n) is 25.1. The number of benzene rings is 12. The van der Waals surface area contributed by atoms with E-state index in [0.717, 1.165) is 73.1 Å². The molecule has 4 nitrogen and oxygen atoms in total. The van der Waals surface area contributed by atoms with Crippen molar-refractivity contribution in [2.24, 2.45) is 0 Å². The van der Waals surface area contributed by atoms with E-state index in [0.29, 0.717) is 5.82 Å². The van der Waals surface area contributed by atoms with Crippen LogP contribution in [0.15, 0.2) is 291 Å². The Morgan fingerprint density at radius 2 is 0.622 bits per heavy atom. The maximum absolute atomic E-state index is 5.28. The highest BCUT2D eigenvalue weighted by Gasteiger charge is 2.19. The normalized spacial score (nSPS) is 11.2. The van der Waals surface area contributed by atoms with Gasteiger partial charge in [-0.1, -0.05) is 231 Å². The Balaban J connectivity index is 0.839. The molecule has 0 fully saturated rings. The quantitative estimate of drug-likeness (QED) is 0.130. The third-order valence-corrected chi connectivity index (χ3v) is 14.1. The second kappa shape index (κ2) is 19.4. The zero-order valence-electron chi connectivity index (χ0n) is 40.5. The molecule has 348 valence electrons. The van der Waals surface area contributed by atoms with Crippen molar-refractivity contribution in [2.75, 3.05) is 4.90 Å². The third kappa shape index (κ3) is 8.61. The van der Waals surface area contributed by atoms with Crippen LogP contribution >= 0.6 is 0 Å². The van der Waals surface area contributed by atoms with Crippen molar-refractivity contribution in [2.45, 2.75) is 0 Å². The number of hydrogen-bond acceptors (Lipinski definition) is 3. The summed E-state index contributed by atoms with van der Waals surface area (Å²) in [5.74, 6) is 1.43. The Kier molecular flexibility index (Phi) is 11.5. The van der Waals surface area contributed by atoms with Gasteiger partial charge in [0.1, 0.15) is 0 Å². The SMILES string of the molecule is c1ccc(N(c2ccccc2)c2ccc(-c3ccccc3-c3ccccc3-c3ccc(-n4nc(-c5ccc(-c6ccc7ccccc7c6)cc5)nc4-c4ccc(-c5ccc6ccccc6c5)cc4)cc3)cc2)cc1. The lowest BCUT2D eigenvalue weighted by Crippen LogP contribution is -2.09. The van der Waals surface area contributed by atoms with E-state index in [-0.39, 0.29) is 0 Å². The minimum absolute atomic E-state index is 0.663. The predicted molar refractivity (Wildman–Crippen MR) is 309 cm³/mol. The molecule has 0 atom stereocenters. The largest absolute Gasteiger partial charge is 0.311 e. The van der Waals surface area contributed by atoms with Crippen molar-refractivity contribution >= 4 is 38.6 Å². The molecule has 0 unspecified atom stereocenters. The first-order chi connectivity index (χ1) is 36.7. The molecule has 0 aliphatic carbocycles. The fourth-order valence-electron chi connectivity index (χ4n) is 10.3. The monoisotopic (exact) mass is 944 g/mol. The number of rotatable bonds is 11. The summed E-state index contributed by atoms with van der Waals surface area (Å²) < 4.78 is 1.99. The van der Waals surface area contributed by atoms with E-state index in [1.807, 2.05) is 4.68 Å². The zero-order valence-corrected chi connectivity index (χ0v) is 40.5. The molecule has 1 heterocycles. The van der Waals surface area contributed by atoms with E-state index in [1.165, 1.54) is 43.8 Å². The fraction of sp³-hybridized carbons (Fsp3) is 0. The topological polar surface area (TPSA) is 34.0 Å². The molecule has 0 aliphatic heterocycles. The van der Waals surface area contributed by atoms with E-state index in [1.54, 1.807) is 0 Å². The molecular weight excluding hydrogens is 897 g/mol. The number of anilines is 3. The Bertz CT molecular complexity index is 4050. The summed E-state index contributed by atoms with van der Waals surface area (Å²) in [6.07, 6.45) is 0. The lowest BCUT2D eigenvalue weighted by molar-refractivity contribution is 0.891. The van der Waals surface area contributed by atoms with Crippen LogP contribution in [0.1, 0.15) is 0 Å². The smallest absolute Gasteiger partial charge is 0.182 e. The Morgan fingerprint density at radius 3 is 1.12 bits per heavy atom. The van der Waals surface area contributed by atoms with Crippen molar-refractivity contribution in [3.05, 3.63) is 291 Å². The lowest BCUT2D eigenvalue weighted by atomic mass is 9.89. The van der Waals surface area contributed by atoms with Crippen LogP contribution < -0.4 is 4.90 Å². The fourth-order valence-corrected chi connectivity index (χ4v) is 10.3. The molecule has 0 bridgehead atoms. The summed E-state index contributed by atoms with van der Waals surface area (Å²) in [5, 5.41) is 10.2. The summed E-state index contributed by atoms with van der Waals surface area (Å²) in [4.78, 5) is 7.58. The molecule has 74 heavy (non-hydrogen) atoms. The molecule has 0 radical (unpaired) electrons. The van der Waals surface area contributed by atoms with Crippen LogP contribution in [0.5, 0.6) is 0 Å². The average molecular weight is 945 g/mol. The molecule has 0 N–H and O–H groups in total. The number of fused-ring (bicyclic) bond motifs is 2. The molecular formula is C70H48N4. The van der Waals surface area contributed by atoms with E-state index in [4.69, 9.17) is 10.1 Å². The van der Waals surface area contributed by atoms with E-state index in [9.17, 15) is 0 Å². The lowest BCUT2D eigenvalue weighted by Gasteiger charge is -2.25. The van der Waals surface area contributed by atoms with Gasteiger partial charge in [-0.3, -0.25) is 0 Å². The highest BCUT2D eigenvalue weighted by atomic mass is 15.4. The van der Waals surface area contributed by atoms with Crippen molar-refractivity contribution in [3.63, 3.8) is 0 Å². The van der Waals surface area contributed by atoms with E-state index >= 15 is 0 Å². The van der Waals surface area contributed by atoms with Gasteiger partial charge in [0.2, 0.25) is 0 Å². The Labute approximate surface area is 431 Å². The number of para-hydroxylation sites is 2. The standard InChI is InChI=1S/C70H48N4/c1-3-19-61(20-4-1)73(62-21-5-2-6-22-62)63-43-39-53(40-44-63)65-23-11-13-25-67(65)68-26-14-12-24-66(68)54-41-45-64(46-42-54)74-70(56-35-29-52(30-36-56)60-38-32-50-16-8-10-18-58(50)48-60)71-69(72-74)55-33-27-51(28-34-55)59-37-31-49-15-7-9-17-57(49)47-59/h1-48H. The van der Waals surface area contributed by atoms with E-state index in [2.05, 4.69) is 296 Å². The Morgan fingerprint density at radius 1 is 0.257 bits per heavy atom. The molecule has 0 saturated heterocycles. The first-order valence-corrected chi connectivity index (χ1v) is 25.1. The van der Waals surface area contributed by atoms with Gasteiger partial charge in [-0.2, -0.15) is 0 Å². The summed E-state index contributed by atoms with van der Waals surface area (Å²) in [6, 6.07) is 104. The van der Waals surface area contributed by atoms with Crippen LogP contribution in [-0.4, -0.2) is 14.8 Å². The highest BCUT2D eigenvalue weighted by Crippen LogP contribution is 2.41. The zero-order chi connectivity index (χ0) is 49.2. The number of aromatic nitrogens is 3. The summed E-state index contributed by atoms with van der Waals surface area (Å²) in [7, 11) is 0. The van der Waals surface area contributed by atoms with Gasteiger partial charge in [-0.05, 0) is 138 Å². The minimum Gasteiger partial charge on any atom is -0.311 e. The van der Waals surface area contributed by atoms with Gasteiger partial charge in [0.05, 0.1) is 5.69 Å². The van der Waals surface area contributed by atoms with Crippen LogP contribution in [0.25, 0.3) is 106 Å². The van der Waals surface area contributed by atoms with Crippen LogP contribution in [0.2, 0.25) is 0 Å². The number of hydrogen-bond donors (Lipinski definition) is 0. The molecule has 0 amide bonds. The van der Waals surface area contributed by atoms with Gasteiger partial charge in [-0.25, -0.2) is 9.67 Å². The molecule has 13 rings (SSSR count). The molecule has 4 heteroatoms. The van der Waals surface area contributed by atoms with Gasteiger partial charge in [0.25, 0.3) is 0 Å². The van der Waals surface area contributed by atoms with Gasteiger partial charge >= 0.3 is 0 Å². The van der Waals surface area contributed by atoms with Gasteiger partial charge < -0.3 is 4.90 Å². The predicted octanol–water partition coefficient (Wildman–Crippen LogP) is 18.7. The maximum atomic E-state index is 5.28. The van der Waals surface area contributed by atoms with Crippen LogP contribution in [-0.2, 0) is 0 Å².